The molecule has 2 saturated heterocycles. The summed E-state index contributed by atoms with van der Waals surface area (Å²) < 4.78 is 5.17. The van der Waals surface area contributed by atoms with Crippen molar-refractivity contribution >= 4 is 29.4 Å². The predicted molar refractivity (Wildman–Crippen MR) is 112 cm³/mol. The summed E-state index contributed by atoms with van der Waals surface area (Å²) in [6.07, 6.45) is 1.27. The molecule has 5 N–H and O–H groups in total. The van der Waals surface area contributed by atoms with Gasteiger partial charge in [0.05, 0.1) is 20.2 Å². The lowest BCUT2D eigenvalue weighted by Gasteiger charge is -2.40. The number of benzene rings is 1. The summed E-state index contributed by atoms with van der Waals surface area (Å²) in [6.45, 7) is 0.797. The van der Waals surface area contributed by atoms with Gasteiger partial charge >= 0.3 is 6.03 Å². The van der Waals surface area contributed by atoms with Crippen LogP contribution in [0, 0.1) is 0 Å². The molecular formula is C20H28N6O5. The van der Waals surface area contributed by atoms with Crippen LogP contribution in [-0.2, 0) is 14.4 Å². The van der Waals surface area contributed by atoms with Crippen molar-refractivity contribution in [3.63, 3.8) is 0 Å². The standard InChI is InChI=1S/C20H28N6O5/c1-31-14-5-2-4-13(10-14)23-20(30)26-9-8-25(17(27)11-21)12-16(26)19(29)24-15-6-3-7-22-18(15)28/h2,4-5,10,15-16H,3,6-9,11-12,21H2,1H3,(H,22,28)(H,23,30)(H,24,29)/t15-,16+/m0/s1. The molecule has 0 aliphatic carbocycles. The Morgan fingerprint density at radius 1 is 1.29 bits per heavy atom. The minimum Gasteiger partial charge on any atom is -0.497 e. The second-order valence-electron chi connectivity index (χ2n) is 7.41. The Kier molecular flexibility index (Phi) is 7.29. The molecule has 0 spiro atoms. The van der Waals surface area contributed by atoms with E-state index in [4.69, 9.17) is 10.5 Å². The van der Waals surface area contributed by atoms with E-state index in [9.17, 15) is 19.2 Å². The molecule has 1 aromatic carbocycles. The number of methoxy groups -OCH3 is 1. The number of amides is 5. The molecule has 2 heterocycles. The van der Waals surface area contributed by atoms with Crippen LogP contribution >= 0.6 is 0 Å². The highest BCUT2D eigenvalue weighted by atomic mass is 16.5. The van der Waals surface area contributed by atoms with Crippen LogP contribution in [0.25, 0.3) is 0 Å². The first-order valence-electron chi connectivity index (χ1n) is 10.2. The summed E-state index contributed by atoms with van der Waals surface area (Å²) in [5.41, 5.74) is 5.98. The number of carbonyl (C=O) groups is 4. The fourth-order valence-corrected chi connectivity index (χ4v) is 3.68. The summed E-state index contributed by atoms with van der Waals surface area (Å²) in [5.74, 6) is -0.468. The van der Waals surface area contributed by atoms with Gasteiger partial charge in [0.2, 0.25) is 17.7 Å². The number of piperazine rings is 1. The molecule has 3 rings (SSSR count). The number of piperidine rings is 1. The molecule has 2 aliphatic rings. The zero-order chi connectivity index (χ0) is 22.4. The van der Waals surface area contributed by atoms with Gasteiger partial charge in [-0.05, 0) is 25.0 Å². The number of hydrogen-bond donors (Lipinski definition) is 4. The Morgan fingerprint density at radius 2 is 2.10 bits per heavy atom. The molecule has 2 aliphatic heterocycles. The SMILES string of the molecule is COc1cccc(NC(=O)N2CCN(C(=O)CN)C[C@@H]2C(=O)N[C@H]2CCCNC2=O)c1. The van der Waals surface area contributed by atoms with Crippen molar-refractivity contribution in [3.05, 3.63) is 24.3 Å². The van der Waals surface area contributed by atoms with E-state index in [1.54, 1.807) is 24.3 Å². The lowest BCUT2D eigenvalue weighted by molar-refractivity contribution is -0.138. The Balaban J connectivity index is 1.75. The number of rotatable bonds is 5. The van der Waals surface area contributed by atoms with Crippen molar-refractivity contribution < 1.29 is 23.9 Å². The predicted octanol–water partition coefficient (Wildman–Crippen LogP) is -0.907. The number of nitrogens with two attached hydrogens (primary N) is 1. The summed E-state index contributed by atoms with van der Waals surface area (Å²) >= 11 is 0. The minimum atomic E-state index is -0.954. The number of urea groups is 1. The normalized spacial score (nSPS) is 21.2. The number of nitrogens with zero attached hydrogens (tertiary/aromatic N) is 2. The van der Waals surface area contributed by atoms with E-state index in [1.165, 1.54) is 16.9 Å². The highest BCUT2D eigenvalue weighted by Crippen LogP contribution is 2.19. The highest BCUT2D eigenvalue weighted by Gasteiger charge is 2.38. The minimum absolute atomic E-state index is 0.00172. The van der Waals surface area contributed by atoms with Crippen LogP contribution in [0.4, 0.5) is 10.5 Å². The third-order valence-electron chi connectivity index (χ3n) is 5.39. The van der Waals surface area contributed by atoms with Crippen LogP contribution < -0.4 is 26.4 Å². The van der Waals surface area contributed by atoms with Gasteiger partial charge in [-0.1, -0.05) is 6.07 Å². The van der Waals surface area contributed by atoms with Gasteiger partial charge in [0.15, 0.2) is 0 Å². The molecule has 0 saturated carbocycles. The van der Waals surface area contributed by atoms with Crippen molar-refractivity contribution in [1.29, 1.82) is 0 Å². The number of carbonyl (C=O) groups excluding carboxylic acids is 4. The second-order valence-corrected chi connectivity index (χ2v) is 7.41. The van der Waals surface area contributed by atoms with E-state index in [2.05, 4.69) is 16.0 Å². The topological polar surface area (TPSA) is 146 Å². The zero-order valence-corrected chi connectivity index (χ0v) is 17.4. The van der Waals surface area contributed by atoms with Crippen molar-refractivity contribution in [2.75, 3.05) is 45.2 Å². The summed E-state index contributed by atoms with van der Waals surface area (Å²) in [4.78, 5) is 53.0. The average Bonchev–Trinajstić information content (AvgIpc) is 2.79. The molecule has 0 radical (unpaired) electrons. The van der Waals surface area contributed by atoms with Gasteiger partial charge in [-0.2, -0.15) is 0 Å². The number of nitrogens with one attached hydrogen (secondary N) is 3. The lowest BCUT2D eigenvalue weighted by Crippen LogP contribution is -2.64. The maximum atomic E-state index is 13.0. The van der Waals surface area contributed by atoms with Crippen LogP contribution in [0.2, 0.25) is 0 Å². The summed E-state index contributed by atoms with van der Waals surface area (Å²) in [5, 5.41) is 8.20. The molecule has 5 amide bonds. The van der Waals surface area contributed by atoms with Crippen molar-refractivity contribution in [3.8, 4) is 5.75 Å². The van der Waals surface area contributed by atoms with E-state index >= 15 is 0 Å². The van der Waals surface area contributed by atoms with Crippen molar-refractivity contribution in [2.24, 2.45) is 5.73 Å². The van der Waals surface area contributed by atoms with Gasteiger partial charge in [0, 0.05) is 31.4 Å². The Bertz CT molecular complexity index is 847. The molecule has 0 bridgehead atoms. The first-order chi connectivity index (χ1) is 14.9. The van der Waals surface area contributed by atoms with Crippen LogP contribution in [0.15, 0.2) is 24.3 Å². The van der Waals surface area contributed by atoms with E-state index in [1.807, 2.05) is 0 Å². The molecule has 31 heavy (non-hydrogen) atoms. The number of ether oxygens (including phenoxy) is 1. The Labute approximate surface area is 180 Å². The molecule has 1 aromatic rings. The Hall–Kier alpha value is -3.34. The number of anilines is 1. The van der Waals surface area contributed by atoms with Gasteiger partial charge in [0.25, 0.3) is 0 Å². The fourth-order valence-electron chi connectivity index (χ4n) is 3.68. The first kappa shape index (κ1) is 22.3. The van der Waals surface area contributed by atoms with Crippen LogP contribution in [0.1, 0.15) is 12.8 Å². The second kappa shape index (κ2) is 10.1. The van der Waals surface area contributed by atoms with Crippen LogP contribution in [-0.4, -0.2) is 85.5 Å². The van der Waals surface area contributed by atoms with Gasteiger partial charge < -0.3 is 36.2 Å². The van der Waals surface area contributed by atoms with Gasteiger partial charge in [0.1, 0.15) is 17.8 Å². The maximum absolute atomic E-state index is 13.0. The largest absolute Gasteiger partial charge is 0.497 e. The fraction of sp³-hybridized carbons (Fsp3) is 0.500. The number of hydrogen-bond acceptors (Lipinski definition) is 6. The summed E-state index contributed by atoms with van der Waals surface area (Å²) in [7, 11) is 1.52. The molecule has 11 nitrogen and oxygen atoms in total. The van der Waals surface area contributed by atoms with E-state index in [0.29, 0.717) is 24.4 Å². The molecular weight excluding hydrogens is 404 g/mol. The molecule has 0 unspecified atom stereocenters. The quantitative estimate of drug-likeness (QED) is 0.474. The molecule has 2 fully saturated rings. The van der Waals surface area contributed by atoms with E-state index in [-0.39, 0.29) is 38.0 Å². The monoisotopic (exact) mass is 432 g/mol. The van der Waals surface area contributed by atoms with E-state index < -0.39 is 24.0 Å². The Morgan fingerprint density at radius 3 is 2.81 bits per heavy atom. The van der Waals surface area contributed by atoms with Crippen molar-refractivity contribution in [2.45, 2.75) is 24.9 Å². The van der Waals surface area contributed by atoms with Crippen LogP contribution in [0.3, 0.4) is 0 Å². The summed E-state index contributed by atoms with van der Waals surface area (Å²) in [6, 6.07) is 4.75. The van der Waals surface area contributed by atoms with Crippen LogP contribution in [0.5, 0.6) is 5.75 Å². The smallest absolute Gasteiger partial charge is 0.322 e. The van der Waals surface area contributed by atoms with Gasteiger partial charge in [-0.15, -0.1) is 0 Å². The average molecular weight is 432 g/mol. The zero-order valence-electron chi connectivity index (χ0n) is 17.4. The lowest BCUT2D eigenvalue weighted by atomic mass is 10.1. The molecule has 0 aromatic heterocycles. The maximum Gasteiger partial charge on any atom is 0.322 e. The first-order valence-corrected chi connectivity index (χ1v) is 10.2. The third-order valence-corrected chi connectivity index (χ3v) is 5.39. The highest BCUT2D eigenvalue weighted by molar-refractivity contribution is 5.96. The molecule has 11 heteroatoms. The van der Waals surface area contributed by atoms with Gasteiger partial charge in [-0.3, -0.25) is 14.4 Å². The van der Waals surface area contributed by atoms with Crippen molar-refractivity contribution in [1.82, 2.24) is 20.4 Å². The van der Waals surface area contributed by atoms with Gasteiger partial charge in [-0.25, -0.2) is 4.79 Å². The molecule has 2 atom stereocenters. The molecule has 168 valence electrons. The van der Waals surface area contributed by atoms with E-state index in [0.717, 1.165) is 6.42 Å². The third kappa shape index (κ3) is 5.43.